The van der Waals surface area contributed by atoms with Crippen LogP contribution >= 0.6 is 0 Å². The first-order valence-electron chi connectivity index (χ1n) is 5.53. The highest BCUT2D eigenvalue weighted by molar-refractivity contribution is 5.83. The summed E-state index contributed by atoms with van der Waals surface area (Å²) in [6.07, 6.45) is 5.98. The maximum atomic E-state index is 11.8. The molecule has 16 heavy (non-hydrogen) atoms. The van der Waals surface area contributed by atoms with E-state index in [-0.39, 0.29) is 11.9 Å². The molecule has 0 fully saturated rings. The molecule has 1 amide bonds. The minimum Gasteiger partial charge on any atom is -0.351 e. The SMILES string of the molecule is N[C@H](C(=O)NC1CC=CC1)c1ccccc1. The summed E-state index contributed by atoms with van der Waals surface area (Å²) in [4.78, 5) is 11.8. The average Bonchev–Trinajstić information content (AvgIpc) is 2.82. The largest absolute Gasteiger partial charge is 0.351 e. The van der Waals surface area contributed by atoms with Crippen LogP contribution in [-0.4, -0.2) is 11.9 Å². The predicted molar refractivity (Wildman–Crippen MR) is 63.7 cm³/mol. The second-order valence-electron chi connectivity index (χ2n) is 4.04. The molecular weight excluding hydrogens is 200 g/mol. The molecule has 0 heterocycles. The van der Waals surface area contributed by atoms with E-state index in [1.807, 2.05) is 30.3 Å². The summed E-state index contributed by atoms with van der Waals surface area (Å²) in [6.45, 7) is 0. The molecule has 1 aliphatic rings. The molecule has 3 nitrogen and oxygen atoms in total. The van der Waals surface area contributed by atoms with E-state index in [4.69, 9.17) is 5.73 Å². The van der Waals surface area contributed by atoms with Crippen LogP contribution in [0.1, 0.15) is 24.4 Å². The fourth-order valence-corrected chi connectivity index (χ4v) is 1.84. The monoisotopic (exact) mass is 216 g/mol. The number of rotatable bonds is 3. The van der Waals surface area contributed by atoms with Gasteiger partial charge in [-0.25, -0.2) is 0 Å². The molecule has 0 unspecified atom stereocenters. The first kappa shape index (κ1) is 10.9. The molecule has 3 N–H and O–H groups in total. The van der Waals surface area contributed by atoms with E-state index in [0.29, 0.717) is 0 Å². The molecule has 1 aliphatic carbocycles. The summed E-state index contributed by atoms with van der Waals surface area (Å²) < 4.78 is 0. The van der Waals surface area contributed by atoms with E-state index in [1.165, 1.54) is 0 Å². The summed E-state index contributed by atoms with van der Waals surface area (Å²) >= 11 is 0. The van der Waals surface area contributed by atoms with Gasteiger partial charge in [0.2, 0.25) is 5.91 Å². The number of benzene rings is 1. The molecule has 1 atom stereocenters. The molecule has 2 rings (SSSR count). The van der Waals surface area contributed by atoms with E-state index >= 15 is 0 Å². The van der Waals surface area contributed by atoms with Gasteiger partial charge >= 0.3 is 0 Å². The zero-order chi connectivity index (χ0) is 11.4. The number of carbonyl (C=O) groups is 1. The van der Waals surface area contributed by atoms with Crippen molar-refractivity contribution in [3.8, 4) is 0 Å². The Morgan fingerprint density at radius 1 is 1.25 bits per heavy atom. The van der Waals surface area contributed by atoms with Crippen molar-refractivity contribution in [2.45, 2.75) is 24.9 Å². The van der Waals surface area contributed by atoms with Crippen LogP contribution in [0.4, 0.5) is 0 Å². The van der Waals surface area contributed by atoms with Crippen molar-refractivity contribution in [3.05, 3.63) is 48.0 Å². The third kappa shape index (κ3) is 2.49. The second-order valence-corrected chi connectivity index (χ2v) is 4.04. The Morgan fingerprint density at radius 3 is 2.50 bits per heavy atom. The number of nitrogens with one attached hydrogen (secondary N) is 1. The fourth-order valence-electron chi connectivity index (χ4n) is 1.84. The highest BCUT2D eigenvalue weighted by Gasteiger charge is 2.19. The first-order valence-corrected chi connectivity index (χ1v) is 5.53. The van der Waals surface area contributed by atoms with Crippen LogP contribution in [0.15, 0.2) is 42.5 Å². The van der Waals surface area contributed by atoms with Gasteiger partial charge in [0.05, 0.1) is 0 Å². The lowest BCUT2D eigenvalue weighted by molar-refractivity contribution is -0.123. The van der Waals surface area contributed by atoms with E-state index in [2.05, 4.69) is 17.5 Å². The number of nitrogens with two attached hydrogens (primary N) is 1. The van der Waals surface area contributed by atoms with E-state index in [0.717, 1.165) is 18.4 Å². The maximum absolute atomic E-state index is 11.8. The minimum absolute atomic E-state index is 0.0973. The second kappa shape index (κ2) is 4.94. The number of hydrogen-bond donors (Lipinski definition) is 2. The van der Waals surface area contributed by atoms with Crippen molar-refractivity contribution in [2.24, 2.45) is 5.73 Å². The van der Waals surface area contributed by atoms with Crippen molar-refractivity contribution >= 4 is 5.91 Å². The Kier molecular flexibility index (Phi) is 3.37. The quantitative estimate of drug-likeness (QED) is 0.753. The van der Waals surface area contributed by atoms with Crippen molar-refractivity contribution in [1.82, 2.24) is 5.32 Å². The normalized spacial score (nSPS) is 17.3. The molecule has 0 saturated carbocycles. The first-order chi connectivity index (χ1) is 7.77. The van der Waals surface area contributed by atoms with Gasteiger partial charge in [0.25, 0.3) is 0 Å². The zero-order valence-electron chi connectivity index (χ0n) is 9.10. The van der Waals surface area contributed by atoms with Gasteiger partial charge in [-0.05, 0) is 18.4 Å². The van der Waals surface area contributed by atoms with Crippen LogP contribution < -0.4 is 11.1 Å². The van der Waals surface area contributed by atoms with Gasteiger partial charge in [0.15, 0.2) is 0 Å². The van der Waals surface area contributed by atoms with Crippen LogP contribution in [0.3, 0.4) is 0 Å². The molecule has 84 valence electrons. The molecule has 0 aliphatic heterocycles. The topological polar surface area (TPSA) is 55.1 Å². The maximum Gasteiger partial charge on any atom is 0.241 e. The fraction of sp³-hybridized carbons (Fsp3) is 0.308. The van der Waals surface area contributed by atoms with Gasteiger partial charge in [-0.2, -0.15) is 0 Å². The molecule has 0 saturated heterocycles. The van der Waals surface area contributed by atoms with Gasteiger partial charge in [-0.3, -0.25) is 4.79 Å². The van der Waals surface area contributed by atoms with Gasteiger partial charge < -0.3 is 11.1 Å². The average molecular weight is 216 g/mol. The Morgan fingerprint density at radius 2 is 1.88 bits per heavy atom. The lowest BCUT2D eigenvalue weighted by Crippen LogP contribution is -2.39. The molecule has 1 aromatic rings. The number of amides is 1. The molecule has 1 aromatic carbocycles. The molecular formula is C13H16N2O. The minimum atomic E-state index is -0.568. The van der Waals surface area contributed by atoms with E-state index in [9.17, 15) is 4.79 Å². The lowest BCUT2D eigenvalue weighted by Gasteiger charge is -2.16. The molecule has 0 spiro atoms. The van der Waals surface area contributed by atoms with Crippen LogP contribution in [-0.2, 0) is 4.79 Å². The van der Waals surface area contributed by atoms with Crippen LogP contribution in [0, 0.1) is 0 Å². The Labute approximate surface area is 95.3 Å². The van der Waals surface area contributed by atoms with Gasteiger partial charge in [-0.15, -0.1) is 0 Å². The van der Waals surface area contributed by atoms with Crippen LogP contribution in [0.25, 0.3) is 0 Å². The zero-order valence-corrected chi connectivity index (χ0v) is 9.10. The van der Waals surface area contributed by atoms with Crippen molar-refractivity contribution in [3.63, 3.8) is 0 Å². The Balaban J connectivity index is 1.94. The summed E-state index contributed by atoms with van der Waals surface area (Å²) in [5, 5.41) is 2.95. The Hall–Kier alpha value is -1.61. The third-order valence-corrected chi connectivity index (χ3v) is 2.80. The predicted octanol–water partition coefficient (Wildman–Crippen LogP) is 1.52. The van der Waals surface area contributed by atoms with Crippen molar-refractivity contribution < 1.29 is 4.79 Å². The van der Waals surface area contributed by atoms with Gasteiger partial charge in [0.1, 0.15) is 6.04 Å². The summed E-state index contributed by atoms with van der Waals surface area (Å²) in [5.74, 6) is -0.0973. The van der Waals surface area contributed by atoms with Gasteiger partial charge in [0, 0.05) is 6.04 Å². The summed E-state index contributed by atoms with van der Waals surface area (Å²) in [6, 6.07) is 9.09. The summed E-state index contributed by atoms with van der Waals surface area (Å²) in [5.41, 5.74) is 6.74. The van der Waals surface area contributed by atoms with Crippen LogP contribution in [0.5, 0.6) is 0 Å². The van der Waals surface area contributed by atoms with Crippen molar-refractivity contribution in [2.75, 3.05) is 0 Å². The lowest BCUT2D eigenvalue weighted by atomic mass is 10.1. The number of carbonyl (C=O) groups excluding carboxylic acids is 1. The molecule has 0 bridgehead atoms. The van der Waals surface area contributed by atoms with Crippen molar-refractivity contribution in [1.29, 1.82) is 0 Å². The molecule has 0 radical (unpaired) electrons. The number of hydrogen-bond acceptors (Lipinski definition) is 2. The standard InChI is InChI=1S/C13H16N2O/c14-12(10-6-2-1-3-7-10)13(16)15-11-8-4-5-9-11/h1-7,11-12H,8-9,14H2,(H,15,16)/t12-/m0/s1. The smallest absolute Gasteiger partial charge is 0.241 e. The summed E-state index contributed by atoms with van der Waals surface area (Å²) in [7, 11) is 0. The van der Waals surface area contributed by atoms with E-state index < -0.39 is 6.04 Å². The molecule has 0 aromatic heterocycles. The van der Waals surface area contributed by atoms with Crippen LogP contribution in [0.2, 0.25) is 0 Å². The van der Waals surface area contributed by atoms with E-state index in [1.54, 1.807) is 0 Å². The highest BCUT2D eigenvalue weighted by Crippen LogP contribution is 2.13. The molecule has 3 heteroatoms. The Bertz CT molecular complexity index is 378. The van der Waals surface area contributed by atoms with Gasteiger partial charge in [-0.1, -0.05) is 42.5 Å². The third-order valence-electron chi connectivity index (χ3n) is 2.80. The highest BCUT2D eigenvalue weighted by atomic mass is 16.2.